The molecule has 2 aromatic carbocycles. The summed E-state index contributed by atoms with van der Waals surface area (Å²) < 4.78 is 60.9. The van der Waals surface area contributed by atoms with Gasteiger partial charge in [0.15, 0.2) is 11.6 Å². The van der Waals surface area contributed by atoms with E-state index in [-0.39, 0.29) is 43.0 Å². The Balaban J connectivity index is 1.25. The zero-order chi connectivity index (χ0) is 43.1. The minimum atomic E-state index is -3.95. The number of carbonyl (C=O) groups excluding carboxylic acids is 3. The summed E-state index contributed by atoms with van der Waals surface area (Å²) in [4.78, 5) is 61.1. The van der Waals surface area contributed by atoms with Gasteiger partial charge in [-0.3, -0.25) is 19.1 Å². The molecule has 0 unspecified atom stereocenters. The number of sulfonamides is 1. The number of carbonyl (C=O) groups is 4. The van der Waals surface area contributed by atoms with Crippen molar-refractivity contribution in [3.05, 3.63) is 60.4 Å². The molecule has 60 heavy (non-hydrogen) atoms. The zero-order valence-corrected chi connectivity index (χ0v) is 35.1. The predicted octanol–water partition coefficient (Wildman–Crippen LogP) is 5.32. The fourth-order valence-corrected chi connectivity index (χ4v) is 9.73. The minimum Gasteiger partial charge on any atom is -0.497 e. The van der Waals surface area contributed by atoms with Gasteiger partial charge >= 0.3 is 6.09 Å². The van der Waals surface area contributed by atoms with Crippen molar-refractivity contribution < 1.29 is 51.3 Å². The summed E-state index contributed by atoms with van der Waals surface area (Å²) in [5, 5.41) is 15.6. The number of methoxy groups -OCH3 is 1. The lowest BCUT2D eigenvalue weighted by Crippen LogP contribution is -2.59. The first-order valence-corrected chi connectivity index (χ1v) is 22.0. The molecule has 15 nitrogen and oxygen atoms in total. The molecule has 4 amide bonds. The van der Waals surface area contributed by atoms with Crippen LogP contribution < -0.4 is 29.6 Å². The molecule has 1 aromatic heterocycles. The first kappa shape index (κ1) is 42.7. The molecule has 322 valence electrons. The molecule has 1 saturated heterocycles. The normalized spacial score (nSPS) is 27.8. The largest absolute Gasteiger partial charge is 0.497 e. The van der Waals surface area contributed by atoms with Crippen LogP contribution in [0.15, 0.2) is 54.6 Å². The van der Waals surface area contributed by atoms with E-state index in [1.165, 1.54) is 24.1 Å². The van der Waals surface area contributed by atoms with Gasteiger partial charge in [-0.05, 0) is 112 Å². The van der Waals surface area contributed by atoms with E-state index in [1.54, 1.807) is 51.1 Å². The van der Waals surface area contributed by atoms with Gasteiger partial charge in [0.05, 0.1) is 30.7 Å². The summed E-state index contributed by atoms with van der Waals surface area (Å²) >= 11 is 0. The van der Waals surface area contributed by atoms with Crippen molar-refractivity contribution in [1.29, 1.82) is 0 Å². The van der Waals surface area contributed by atoms with Crippen molar-refractivity contribution in [2.24, 2.45) is 17.8 Å². The standard InChI is InChI=1S/C43H52FN5O10S/c1-23(2)58-36-15-10-26(18-33(36)44)34-19-27-17-29(57-5)11-14-32(27)39(45-34)59-30-20-35-38(50)47-43(41(52)48-60(55,56)31-12-13-31)21-28(43)9-7-6-8-24(3)16-25(4)37(46-42(53)54)40(51)49(35)22-30/h7,9-11,14-15,17-19,23-25,28,30-31,35,37,46H,6,8,12-13,16,20-22H2,1-5H3,(H,47,50)(H,48,52)(H,53,54)/b9-7-/t24-,25-,28-,30-,35+,37+,43-/m1/s1. The van der Waals surface area contributed by atoms with Crippen LogP contribution in [0.4, 0.5) is 9.18 Å². The van der Waals surface area contributed by atoms with Gasteiger partial charge < -0.3 is 34.9 Å². The average molecular weight is 850 g/mol. The van der Waals surface area contributed by atoms with Crippen LogP contribution in [0.25, 0.3) is 22.0 Å². The van der Waals surface area contributed by atoms with Gasteiger partial charge in [0.25, 0.3) is 5.91 Å². The third kappa shape index (κ3) is 9.15. The molecule has 2 aliphatic carbocycles. The fourth-order valence-electron chi connectivity index (χ4n) is 8.37. The Labute approximate surface area is 348 Å². The molecule has 7 atom stereocenters. The number of aromatic nitrogens is 1. The topological polar surface area (TPSA) is 203 Å². The highest BCUT2D eigenvalue weighted by atomic mass is 32.2. The van der Waals surface area contributed by atoms with Gasteiger partial charge in [0.1, 0.15) is 29.5 Å². The summed E-state index contributed by atoms with van der Waals surface area (Å²) in [7, 11) is -2.43. The van der Waals surface area contributed by atoms with E-state index in [0.717, 1.165) is 0 Å². The second kappa shape index (κ2) is 16.9. The number of hydrogen-bond donors (Lipinski definition) is 4. The van der Waals surface area contributed by atoms with Gasteiger partial charge in [0.2, 0.25) is 27.7 Å². The predicted molar refractivity (Wildman–Crippen MR) is 219 cm³/mol. The van der Waals surface area contributed by atoms with Crippen LogP contribution >= 0.6 is 0 Å². The van der Waals surface area contributed by atoms with E-state index in [2.05, 4.69) is 15.4 Å². The Morgan fingerprint density at radius 2 is 1.83 bits per heavy atom. The first-order valence-electron chi connectivity index (χ1n) is 20.4. The number of halogens is 1. The van der Waals surface area contributed by atoms with Gasteiger partial charge in [0, 0.05) is 23.3 Å². The molecule has 0 spiro atoms. The third-order valence-corrected chi connectivity index (χ3v) is 13.6. The van der Waals surface area contributed by atoms with Gasteiger partial charge in [-0.15, -0.1) is 0 Å². The van der Waals surface area contributed by atoms with Crippen molar-refractivity contribution in [2.45, 2.75) is 108 Å². The van der Waals surface area contributed by atoms with E-state index < -0.39 is 80.5 Å². The lowest BCUT2D eigenvalue weighted by atomic mass is 9.88. The highest BCUT2D eigenvalue weighted by Gasteiger charge is 2.62. The van der Waals surface area contributed by atoms with Crippen LogP contribution in [-0.2, 0) is 24.4 Å². The van der Waals surface area contributed by atoms with E-state index in [0.29, 0.717) is 59.9 Å². The van der Waals surface area contributed by atoms with E-state index in [9.17, 15) is 32.7 Å². The molecule has 7 rings (SSSR count). The highest BCUT2D eigenvalue weighted by molar-refractivity contribution is 7.91. The lowest BCUT2D eigenvalue weighted by molar-refractivity contribution is -0.142. The summed E-state index contributed by atoms with van der Waals surface area (Å²) in [6, 6.07) is 9.05. The SMILES string of the molecule is COc1ccc2c(O[C@@H]3C[C@H]4C(=O)N[C@]5(C(=O)NS(=O)(=O)C6CC6)C[C@H]5/C=C\CC[C@@H](C)C[C@@H](C)[C@H](NC(=O)O)C(=O)N4C3)nc(-c3ccc(OC(C)C)c(F)c3)cc2c1. The number of ether oxygens (including phenoxy) is 3. The number of carboxylic acid groups (broad SMARTS) is 1. The van der Waals surface area contributed by atoms with Crippen LogP contribution in [0.3, 0.4) is 0 Å². The number of rotatable bonds is 10. The number of nitrogens with one attached hydrogen (secondary N) is 3. The molecule has 0 bridgehead atoms. The molecule has 3 fully saturated rings. The number of amides is 4. The quantitative estimate of drug-likeness (QED) is 0.193. The van der Waals surface area contributed by atoms with Crippen molar-refractivity contribution in [3.8, 4) is 28.6 Å². The van der Waals surface area contributed by atoms with Crippen LogP contribution in [0.5, 0.6) is 17.4 Å². The van der Waals surface area contributed by atoms with Crippen molar-refractivity contribution in [3.63, 3.8) is 0 Å². The van der Waals surface area contributed by atoms with Crippen LogP contribution in [0, 0.1) is 23.6 Å². The average Bonchev–Trinajstić information content (AvgIpc) is 4.12. The summed E-state index contributed by atoms with van der Waals surface area (Å²) in [6.45, 7) is 7.23. The molecule has 4 aliphatic rings. The van der Waals surface area contributed by atoms with Crippen LogP contribution in [0.1, 0.15) is 72.6 Å². The molecular formula is C43H52FN5O10S. The first-order chi connectivity index (χ1) is 28.5. The summed E-state index contributed by atoms with van der Waals surface area (Å²) in [6.07, 6.45) is 3.98. The number of nitrogens with zero attached hydrogens (tertiary/aromatic N) is 2. The minimum absolute atomic E-state index is 0.0829. The lowest BCUT2D eigenvalue weighted by Gasteiger charge is -2.32. The van der Waals surface area contributed by atoms with Gasteiger partial charge in [-0.25, -0.2) is 22.6 Å². The van der Waals surface area contributed by atoms with E-state index in [1.807, 2.05) is 19.1 Å². The number of allylic oxidation sites excluding steroid dienone is 1. The van der Waals surface area contributed by atoms with Gasteiger partial charge in [-0.1, -0.05) is 26.0 Å². The number of benzene rings is 2. The van der Waals surface area contributed by atoms with Crippen molar-refractivity contribution in [1.82, 2.24) is 25.2 Å². The molecule has 3 heterocycles. The van der Waals surface area contributed by atoms with Crippen molar-refractivity contribution >= 4 is 44.6 Å². The van der Waals surface area contributed by atoms with E-state index in [4.69, 9.17) is 19.2 Å². The molecule has 2 saturated carbocycles. The van der Waals surface area contributed by atoms with Crippen LogP contribution in [0.2, 0.25) is 0 Å². The Hall–Kier alpha value is -5.45. The summed E-state index contributed by atoms with van der Waals surface area (Å²) in [5.74, 6) is -2.91. The molecule has 0 radical (unpaired) electrons. The molecular weight excluding hydrogens is 798 g/mol. The Bertz CT molecular complexity index is 2320. The van der Waals surface area contributed by atoms with Crippen LogP contribution in [-0.4, -0.2) is 96.0 Å². The fraction of sp³-hybridized carbons (Fsp3) is 0.512. The number of pyridine rings is 1. The van der Waals surface area contributed by atoms with Gasteiger partial charge in [-0.2, -0.15) is 0 Å². The zero-order valence-electron chi connectivity index (χ0n) is 34.3. The maximum atomic E-state index is 15.2. The Morgan fingerprint density at radius 3 is 2.52 bits per heavy atom. The Kier molecular flexibility index (Phi) is 12.0. The maximum absolute atomic E-state index is 15.2. The van der Waals surface area contributed by atoms with E-state index >= 15 is 4.39 Å². The highest BCUT2D eigenvalue weighted by Crippen LogP contribution is 2.46. The number of fused-ring (bicyclic) bond motifs is 3. The molecule has 3 aromatic rings. The molecule has 17 heteroatoms. The maximum Gasteiger partial charge on any atom is 0.405 e. The molecule has 2 aliphatic heterocycles. The monoisotopic (exact) mass is 849 g/mol. The summed E-state index contributed by atoms with van der Waals surface area (Å²) in [5.41, 5.74) is -0.798. The Morgan fingerprint density at radius 1 is 1.07 bits per heavy atom. The molecule has 4 N–H and O–H groups in total. The third-order valence-electron chi connectivity index (χ3n) is 11.8. The second-order valence-electron chi connectivity index (χ2n) is 16.9. The second-order valence-corrected chi connectivity index (χ2v) is 18.9. The smallest absolute Gasteiger partial charge is 0.405 e. The number of hydrogen-bond acceptors (Lipinski definition) is 10. The van der Waals surface area contributed by atoms with Crippen molar-refractivity contribution in [2.75, 3.05) is 13.7 Å².